The lowest BCUT2D eigenvalue weighted by Crippen LogP contribution is -2.46. The summed E-state index contributed by atoms with van der Waals surface area (Å²) in [6.45, 7) is 2.40. The van der Waals surface area contributed by atoms with Gasteiger partial charge in [0.15, 0.2) is 0 Å². The van der Waals surface area contributed by atoms with E-state index in [4.69, 9.17) is 9.84 Å². The monoisotopic (exact) mass is 261 g/mol. The molecule has 0 heterocycles. The van der Waals surface area contributed by atoms with E-state index < -0.39 is 17.9 Å². The van der Waals surface area contributed by atoms with E-state index in [1.807, 2.05) is 0 Å². The highest BCUT2D eigenvalue weighted by Crippen LogP contribution is 1.87. The summed E-state index contributed by atoms with van der Waals surface area (Å²) in [6.07, 6.45) is 0. The molecule has 0 radical (unpaired) electrons. The number of amides is 3. The fourth-order valence-corrected chi connectivity index (χ4v) is 1.15. The lowest BCUT2D eigenvalue weighted by molar-refractivity contribution is -0.138. The first kappa shape index (κ1) is 16.3. The predicted molar refractivity (Wildman–Crippen MR) is 63.2 cm³/mol. The standard InChI is InChI=1S/C10H19N3O5/c1-3-13(7-9(15)16)6-8(14)12-10(17)11-4-5-18-2/h3-7H2,1-2H3,(H,15,16)(H2,11,12,14,17). The van der Waals surface area contributed by atoms with E-state index in [0.29, 0.717) is 19.7 Å². The van der Waals surface area contributed by atoms with Crippen LogP contribution in [0.3, 0.4) is 0 Å². The van der Waals surface area contributed by atoms with Crippen LogP contribution in [0.25, 0.3) is 0 Å². The van der Waals surface area contributed by atoms with Crippen molar-refractivity contribution in [3.05, 3.63) is 0 Å². The lowest BCUT2D eigenvalue weighted by Gasteiger charge is -2.16. The number of nitrogens with one attached hydrogen (secondary N) is 2. The van der Waals surface area contributed by atoms with Crippen LogP contribution in [0.4, 0.5) is 4.79 Å². The summed E-state index contributed by atoms with van der Waals surface area (Å²) >= 11 is 0. The Kier molecular flexibility index (Phi) is 8.50. The van der Waals surface area contributed by atoms with Crippen LogP contribution in [0.15, 0.2) is 0 Å². The van der Waals surface area contributed by atoms with Gasteiger partial charge in [-0.25, -0.2) is 4.79 Å². The molecule has 0 aliphatic heterocycles. The number of carboxylic acid groups (broad SMARTS) is 1. The topological polar surface area (TPSA) is 108 Å². The predicted octanol–water partition coefficient (Wildman–Crippen LogP) is -1.13. The number of ether oxygens (including phenoxy) is 1. The van der Waals surface area contributed by atoms with Gasteiger partial charge in [-0.1, -0.05) is 6.92 Å². The Labute approximate surface area is 105 Å². The molecule has 0 saturated heterocycles. The van der Waals surface area contributed by atoms with Crippen molar-refractivity contribution < 1.29 is 24.2 Å². The molecule has 0 atom stereocenters. The zero-order valence-corrected chi connectivity index (χ0v) is 10.6. The fourth-order valence-electron chi connectivity index (χ4n) is 1.15. The first-order valence-electron chi connectivity index (χ1n) is 5.50. The summed E-state index contributed by atoms with van der Waals surface area (Å²) < 4.78 is 4.72. The number of carbonyl (C=O) groups excluding carboxylic acids is 2. The van der Waals surface area contributed by atoms with Gasteiger partial charge in [-0.05, 0) is 6.54 Å². The zero-order chi connectivity index (χ0) is 14.0. The average molecular weight is 261 g/mol. The van der Waals surface area contributed by atoms with Crippen molar-refractivity contribution in [2.75, 3.05) is 39.9 Å². The van der Waals surface area contributed by atoms with Gasteiger partial charge in [-0.2, -0.15) is 0 Å². The van der Waals surface area contributed by atoms with Gasteiger partial charge in [0.1, 0.15) is 0 Å². The highest BCUT2D eigenvalue weighted by molar-refractivity contribution is 5.95. The van der Waals surface area contributed by atoms with Crippen LogP contribution in [0.1, 0.15) is 6.92 Å². The van der Waals surface area contributed by atoms with Gasteiger partial charge in [-0.15, -0.1) is 0 Å². The molecular formula is C10H19N3O5. The molecule has 8 heteroatoms. The smallest absolute Gasteiger partial charge is 0.321 e. The van der Waals surface area contributed by atoms with Gasteiger partial charge in [0.25, 0.3) is 0 Å². The third-order valence-electron chi connectivity index (χ3n) is 2.02. The van der Waals surface area contributed by atoms with Gasteiger partial charge in [0.2, 0.25) is 5.91 Å². The highest BCUT2D eigenvalue weighted by Gasteiger charge is 2.13. The van der Waals surface area contributed by atoms with Gasteiger partial charge in [0, 0.05) is 13.7 Å². The maximum atomic E-state index is 11.4. The Bertz CT molecular complexity index is 295. The number of urea groups is 1. The number of nitrogens with zero attached hydrogens (tertiary/aromatic N) is 1. The minimum Gasteiger partial charge on any atom is -0.480 e. The van der Waals surface area contributed by atoms with E-state index in [0.717, 1.165) is 0 Å². The summed E-state index contributed by atoms with van der Waals surface area (Å²) in [4.78, 5) is 34.5. The first-order valence-corrected chi connectivity index (χ1v) is 5.50. The number of hydrogen-bond acceptors (Lipinski definition) is 5. The average Bonchev–Trinajstić information content (AvgIpc) is 2.27. The van der Waals surface area contributed by atoms with Crippen molar-refractivity contribution in [2.24, 2.45) is 0 Å². The van der Waals surface area contributed by atoms with Crippen LogP contribution in [0.2, 0.25) is 0 Å². The fraction of sp³-hybridized carbons (Fsp3) is 0.700. The number of aliphatic carboxylic acids is 1. The molecule has 104 valence electrons. The number of imide groups is 1. The lowest BCUT2D eigenvalue weighted by atomic mass is 10.4. The maximum Gasteiger partial charge on any atom is 0.321 e. The minimum atomic E-state index is -1.02. The maximum absolute atomic E-state index is 11.4. The molecular weight excluding hydrogens is 242 g/mol. The molecule has 0 aromatic heterocycles. The van der Waals surface area contributed by atoms with Crippen LogP contribution >= 0.6 is 0 Å². The molecule has 0 bridgehead atoms. The Morgan fingerprint density at radius 2 is 1.94 bits per heavy atom. The Balaban J connectivity index is 3.93. The Hall–Kier alpha value is -1.67. The second kappa shape index (κ2) is 9.37. The summed E-state index contributed by atoms with van der Waals surface area (Å²) in [5.41, 5.74) is 0. The van der Waals surface area contributed by atoms with E-state index in [1.165, 1.54) is 12.0 Å². The molecule has 3 N–H and O–H groups in total. The van der Waals surface area contributed by atoms with Crippen molar-refractivity contribution in [3.63, 3.8) is 0 Å². The Morgan fingerprint density at radius 3 is 2.44 bits per heavy atom. The third kappa shape index (κ3) is 8.48. The van der Waals surface area contributed by atoms with Gasteiger partial charge >= 0.3 is 12.0 Å². The van der Waals surface area contributed by atoms with Crippen molar-refractivity contribution in [1.82, 2.24) is 15.5 Å². The number of rotatable bonds is 8. The van der Waals surface area contributed by atoms with E-state index in [2.05, 4.69) is 10.6 Å². The van der Waals surface area contributed by atoms with Crippen LogP contribution in [-0.4, -0.2) is 67.8 Å². The largest absolute Gasteiger partial charge is 0.480 e. The Morgan fingerprint density at radius 1 is 1.28 bits per heavy atom. The second-order valence-corrected chi connectivity index (χ2v) is 3.49. The molecule has 0 aromatic carbocycles. The molecule has 8 nitrogen and oxygen atoms in total. The third-order valence-corrected chi connectivity index (χ3v) is 2.02. The molecule has 0 spiro atoms. The summed E-state index contributed by atoms with van der Waals surface area (Å²) in [5, 5.41) is 13.1. The molecule has 0 aliphatic rings. The first-order chi connectivity index (χ1) is 8.49. The number of carbonyl (C=O) groups is 3. The van der Waals surface area contributed by atoms with Gasteiger partial charge < -0.3 is 15.2 Å². The SMILES string of the molecule is CCN(CC(=O)O)CC(=O)NC(=O)NCCOC. The summed E-state index contributed by atoms with van der Waals surface area (Å²) in [6, 6.07) is -0.622. The molecule has 0 aromatic rings. The molecule has 0 unspecified atom stereocenters. The van der Waals surface area contributed by atoms with Crippen LogP contribution in [-0.2, 0) is 14.3 Å². The quantitative estimate of drug-likeness (QED) is 0.477. The molecule has 18 heavy (non-hydrogen) atoms. The molecule has 0 fully saturated rings. The zero-order valence-electron chi connectivity index (χ0n) is 10.6. The van der Waals surface area contributed by atoms with Gasteiger partial charge in [-0.3, -0.25) is 19.8 Å². The highest BCUT2D eigenvalue weighted by atomic mass is 16.5. The van der Waals surface area contributed by atoms with Crippen molar-refractivity contribution >= 4 is 17.9 Å². The van der Waals surface area contributed by atoms with Crippen LogP contribution < -0.4 is 10.6 Å². The number of likely N-dealkylation sites (N-methyl/N-ethyl adjacent to an activating group) is 1. The molecule has 0 saturated carbocycles. The summed E-state index contributed by atoms with van der Waals surface area (Å²) in [7, 11) is 1.50. The molecule has 0 rings (SSSR count). The van der Waals surface area contributed by atoms with E-state index in [1.54, 1.807) is 6.92 Å². The van der Waals surface area contributed by atoms with Crippen LogP contribution in [0, 0.1) is 0 Å². The van der Waals surface area contributed by atoms with E-state index in [-0.39, 0.29) is 13.1 Å². The van der Waals surface area contributed by atoms with Crippen molar-refractivity contribution in [1.29, 1.82) is 0 Å². The van der Waals surface area contributed by atoms with Crippen molar-refractivity contribution in [2.45, 2.75) is 6.92 Å². The van der Waals surface area contributed by atoms with E-state index >= 15 is 0 Å². The molecule has 0 aliphatic carbocycles. The van der Waals surface area contributed by atoms with Gasteiger partial charge in [0.05, 0.1) is 19.7 Å². The summed E-state index contributed by atoms with van der Waals surface area (Å²) in [5.74, 6) is -1.57. The minimum absolute atomic E-state index is 0.138. The molecule has 3 amide bonds. The number of hydrogen-bond donors (Lipinski definition) is 3. The van der Waals surface area contributed by atoms with Crippen molar-refractivity contribution in [3.8, 4) is 0 Å². The van der Waals surface area contributed by atoms with Crippen LogP contribution in [0.5, 0.6) is 0 Å². The number of methoxy groups -OCH3 is 1. The second-order valence-electron chi connectivity index (χ2n) is 3.49. The van der Waals surface area contributed by atoms with E-state index in [9.17, 15) is 14.4 Å². The number of carboxylic acids is 1. The normalized spacial score (nSPS) is 10.2.